The lowest BCUT2D eigenvalue weighted by Gasteiger charge is -2.22. The lowest BCUT2D eigenvalue weighted by molar-refractivity contribution is -0.383. The molecular weight excluding hydrogens is 448 g/mol. The van der Waals surface area contributed by atoms with Crippen molar-refractivity contribution < 1.29 is 28.0 Å². The molecule has 0 radical (unpaired) electrons. The summed E-state index contributed by atoms with van der Waals surface area (Å²) in [6.07, 6.45) is 1.83. The van der Waals surface area contributed by atoms with Crippen molar-refractivity contribution in [3.63, 3.8) is 0 Å². The van der Waals surface area contributed by atoms with Crippen molar-refractivity contribution in [3.05, 3.63) is 57.1 Å². The fraction of sp³-hybridized carbons (Fsp3) is 0.381. The molecule has 1 saturated carbocycles. The van der Waals surface area contributed by atoms with Crippen molar-refractivity contribution >= 4 is 28.9 Å². The zero-order valence-electron chi connectivity index (χ0n) is 17.2. The zero-order chi connectivity index (χ0) is 23.3. The van der Waals surface area contributed by atoms with Gasteiger partial charge in [-0.1, -0.05) is 17.7 Å². The summed E-state index contributed by atoms with van der Waals surface area (Å²) in [5, 5.41) is 14.0. The number of rotatable bonds is 11. The van der Waals surface area contributed by atoms with Gasteiger partial charge in [-0.15, -0.1) is 0 Å². The summed E-state index contributed by atoms with van der Waals surface area (Å²) >= 11 is 5.81. The highest BCUT2D eigenvalue weighted by atomic mass is 35.5. The van der Waals surface area contributed by atoms with Gasteiger partial charge in [0.05, 0.1) is 18.1 Å². The van der Waals surface area contributed by atoms with Crippen molar-refractivity contribution in [1.29, 1.82) is 0 Å². The van der Waals surface area contributed by atoms with Gasteiger partial charge in [-0.25, -0.2) is 0 Å². The van der Waals surface area contributed by atoms with Gasteiger partial charge in [0.15, 0.2) is 11.5 Å². The molecule has 1 aliphatic rings. The number of nitrogens with zero attached hydrogens (tertiary/aromatic N) is 2. The Labute approximate surface area is 188 Å². The maximum atomic E-state index is 12.6. The van der Waals surface area contributed by atoms with E-state index in [1.54, 1.807) is 19.1 Å². The molecule has 172 valence electrons. The maximum Gasteiger partial charge on any atom is 0.387 e. The van der Waals surface area contributed by atoms with Crippen molar-refractivity contribution in [1.82, 2.24) is 4.90 Å². The molecule has 8 nitrogen and oxygen atoms in total. The highest BCUT2D eigenvalue weighted by Gasteiger charge is 2.31. The minimum atomic E-state index is -2.97. The molecule has 2 aromatic carbocycles. The number of ether oxygens (including phenoxy) is 2. The first kappa shape index (κ1) is 23.7. The first-order valence-corrected chi connectivity index (χ1v) is 10.3. The molecule has 11 heteroatoms. The quantitative estimate of drug-likeness (QED) is 0.373. The lowest BCUT2D eigenvalue weighted by atomic mass is 10.1. The van der Waals surface area contributed by atoms with E-state index in [1.807, 2.05) is 4.90 Å². The van der Waals surface area contributed by atoms with Crippen LogP contribution in [0.1, 0.15) is 25.3 Å². The first-order valence-electron chi connectivity index (χ1n) is 9.95. The average Bonchev–Trinajstić information content (AvgIpc) is 3.56. The Morgan fingerprint density at radius 2 is 2.03 bits per heavy atom. The molecule has 0 bridgehead atoms. The molecule has 32 heavy (non-hydrogen) atoms. The SMILES string of the molecule is CCOc1cc(CN(CC(=O)Nc2ccc(Cl)cc2[N+](=O)[O-])C2CC2)ccc1OC(F)F. The van der Waals surface area contributed by atoms with Crippen LogP contribution in [0.2, 0.25) is 5.02 Å². The van der Waals surface area contributed by atoms with Gasteiger partial charge >= 0.3 is 6.61 Å². The van der Waals surface area contributed by atoms with Crippen LogP contribution in [0, 0.1) is 10.1 Å². The maximum absolute atomic E-state index is 12.6. The van der Waals surface area contributed by atoms with Crippen LogP contribution in [0.5, 0.6) is 11.5 Å². The van der Waals surface area contributed by atoms with Crippen molar-refractivity contribution in [3.8, 4) is 11.5 Å². The topological polar surface area (TPSA) is 93.9 Å². The minimum absolute atomic E-state index is 0.00367. The third-order valence-electron chi connectivity index (χ3n) is 4.75. The molecule has 0 atom stereocenters. The monoisotopic (exact) mass is 469 g/mol. The van der Waals surface area contributed by atoms with Gasteiger partial charge in [0.25, 0.3) is 5.69 Å². The summed E-state index contributed by atoms with van der Waals surface area (Å²) in [5.74, 6) is -0.274. The molecule has 0 saturated heterocycles. The molecule has 3 rings (SSSR count). The summed E-state index contributed by atoms with van der Waals surface area (Å²) in [5.41, 5.74) is 0.527. The molecule has 0 heterocycles. The van der Waals surface area contributed by atoms with Gasteiger partial charge in [-0.05, 0) is 49.6 Å². The Balaban J connectivity index is 1.71. The Morgan fingerprint density at radius 1 is 1.28 bits per heavy atom. The van der Waals surface area contributed by atoms with Crippen molar-refractivity contribution in [2.75, 3.05) is 18.5 Å². The Hall–Kier alpha value is -2.98. The smallest absolute Gasteiger partial charge is 0.387 e. The van der Waals surface area contributed by atoms with E-state index in [9.17, 15) is 23.7 Å². The number of anilines is 1. The number of carbonyl (C=O) groups is 1. The number of hydrogen-bond acceptors (Lipinski definition) is 6. The zero-order valence-corrected chi connectivity index (χ0v) is 18.0. The molecule has 2 aromatic rings. The van der Waals surface area contributed by atoms with Crippen LogP contribution in [0.3, 0.4) is 0 Å². The second kappa shape index (κ2) is 10.6. The van der Waals surface area contributed by atoms with Gasteiger partial charge in [-0.2, -0.15) is 8.78 Å². The number of carbonyl (C=O) groups excluding carboxylic acids is 1. The number of nitro groups is 1. The number of halogens is 3. The Kier molecular flexibility index (Phi) is 7.81. The predicted octanol–water partition coefficient (Wildman–Crippen LogP) is 4.85. The van der Waals surface area contributed by atoms with E-state index in [4.69, 9.17) is 16.3 Å². The van der Waals surface area contributed by atoms with Crippen LogP contribution in [-0.4, -0.2) is 41.5 Å². The molecular formula is C21H22ClF2N3O5. The number of hydrogen-bond donors (Lipinski definition) is 1. The van der Waals surface area contributed by atoms with E-state index < -0.39 is 17.4 Å². The molecule has 1 N–H and O–H groups in total. The fourth-order valence-corrected chi connectivity index (χ4v) is 3.40. The summed E-state index contributed by atoms with van der Waals surface area (Å²) in [6.45, 7) is -0.587. The van der Waals surface area contributed by atoms with Gasteiger partial charge in [0, 0.05) is 23.7 Å². The minimum Gasteiger partial charge on any atom is -0.490 e. The molecule has 1 aliphatic carbocycles. The molecule has 0 unspecified atom stereocenters. The number of nitro benzene ring substituents is 1. The second-order valence-corrected chi connectivity index (χ2v) is 7.63. The van der Waals surface area contributed by atoms with E-state index >= 15 is 0 Å². The Bertz CT molecular complexity index is 988. The molecule has 1 amide bonds. The third kappa shape index (κ3) is 6.51. The third-order valence-corrected chi connectivity index (χ3v) is 4.99. The average molecular weight is 470 g/mol. The fourth-order valence-electron chi connectivity index (χ4n) is 3.24. The van der Waals surface area contributed by atoms with Gasteiger partial charge in [0.2, 0.25) is 5.91 Å². The van der Waals surface area contributed by atoms with Gasteiger partial charge in [0.1, 0.15) is 5.69 Å². The second-order valence-electron chi connectivity index (χ2n) is 7.20. The van der Waals surface area contributed by atoms with Crippen LogP contribution >= 0.6 is 11.6 Å². The number of alkyl halides is 2. The first-order chi connectivity index (χ1) is 15.3. The van der Waals surface area contributed by atoms with E-state index in [0.29, 0.717) is 6.54 Å². The van der Waals surface area contributed by atoms with Crippen LogP contribution < -0.4 is 14.8 Å². The van der Waals surface area contributed by atoms with Crippen molar-refractivity contribution in [2.24, 2.45) is 0 Å². The summed E-state index contributed by atoms with van der Waals surface area (Å²) in [7, 11) is 0. The highest BCUT2D eigenvalue weighted by Crippen LogP contribution is 2.33. The van der Waals surface area contributed by atoms with E-state index in [0.717, 1.165) is 18.4 Å². The van der Waals surface area contributed by atoms with Gasteiger partial charge in [-0.3, -0.25) is 19.8 Å². The van der Waals surface area contributed by atoms with Crippen molar-refractivity contribution in [2.45, 2.75) is 39.0 Å². The molecule has 0 spiro atoms. The van der Waals surface area contributed by atoms with Crippen LogP contribution in [0.25, 0.3) is 0 Å². The van der Waals surface area contributed by atoms with E-state index in [-0.39, 0.29) is 47.1 Å². The Morgan fingerprint density at radius 3 is 2.66 bits per heavy atom. The number of nitrogens with one attached hydrogen (secondary N) is 1. The number of amides is 1. The lowest BCUT2D eigenvalue weighted by Crippen LogP contribution is -2.34. The van der Waals surface area contributed by atoms with Gasteiger partial charge < -0.3 is 14.8 Å². The summed E-state index contributed by atoms with van der Waals surface area (Å²) < 4.78 is 35.1. The molecule has 0 aliphatic heterocycles. The normalized spacial score (nSPS) is 13.3. The van der Waals surface area contributed by atoms with E-state index in [2.05, 4.69) is 10.1 Å². The molecule has 0 aromatic heterocycles. The molecule has 1 fully saturated rings. The summed E-state index contributed by atoms with van der Waals surface area (Å²) in [6, 6.07) is 8.86. The van der Waals surface area contributed by atoms with Crippen LogP contribution in [0.15, 0.2) is 36.4 Å². The van der Waals surface area contributed by atoms with Crippen LogP contribution in [-0.2, 0) is 11.3 Å². The number of benzene rings is 2. The summed E-state index contributed by atoms with van der Waals surface area (Å²) in [4.78, 5) is 25.2. The van der Waals surface area contributed by atoms with E-state index in [1.165, 1.54) is 24.3 Å². The predicted molar refractivity (Wildman–Crippen MR) is 114 cm³/mol. The largest absolute Gasteiger partial charge is 0.490 e. The highest BCUT2D eigenvalue weighted by molar-refractivity contribution is 6.31. The van der Waals surface area contributed by atoms with Crippen LogP contribution in [0.4, 0.5) is 20.2 Å². The standard InChI is InChI=1S/C21H22ClF2N3O5/c1-2-31-19-9-13(3-8-18(19)32-21(23)24)11-26(15-5-6-15)12-20(28)25-16-7-4-14(22)10-17(16)27(29)30/h3-4,7-10,15,21H,2,5-6,11-12H2,1H3,(H,25,28).